The first kappa shape index (κ1) is 48.8. The van der Waals surface area contributed by atoms with E-state index in [9.17, 15) is 0 Å². The van der Waals surface area contributed by atoms with Gasteiger partial charge in [-0.15, -0.1) is 0 Å². The summed E-state index contributed by atoms with van der Waals surface area (Å²) in [6.07, 6.45) is 6.85. The number of hydrogen-bond acceptors (Lipinski definition) is 1. The summed E-state index contributed by atoms with van der Waals surface area (Å²) in [6.45, 7) is 34.1. The number of allylic oxidation sites excluding steroid dienone is 2. The molecule has 0 heterocycles. The summed E-state index contributed by atoms with van der Waals surface area (Å²) in [5.74, 6) is 0.261. The maximum atomic E-state index is 6.66. The van der Waals surface area contributed by atoms with Gasteiger partial charge in [-0.05, 0) is 187 Å². The highest BCUT2D eigenvalue weighted by Gasteiger charge is 2.36. The largest absolute Gasteiger partial charge is 0.321 e. The van der Waals surface area contributed by atoms with Gasteiger partial charge in [-0.1, -0.05) is 223 Å². The minimum Gasteiger partial charge on any atom is -0.321 e. The van der Waals surface area contributed by atoms with Gasteiger partial charge in [0.1, 0.15) is 0 Å². The molecule has 1 nitrogen and oxygen atoms in total. The fourth-order valence-corrected chi connectivity index (χ4v) is 11.8. The predicted octanol–water partition coefficient (Wildman–Crippen LogP) is 19.7. The zero-order valence-electron chi connectivity index (χ0n) is 44.8. The van der Waals surface area contributed by atoms with Crippen molar-refractivity contribution in [1.82, 2.24) is 0 Å². The smallest absolute Gasteiger partial charge is 0.0398 e. The van der Waals surface area contributed by atoms with Crippen molar-refractivity contribution in [3.8, 4) is 33.4 Å². The highest BCUT2D eigenvalue weighted by atomic mass is 14.7. The van der Waals surface area contributed by atoms with Crippen LogP contribution in [0.2, 0.25) is 0 Å². The topological polar surface area (TPSA) is 26.0 Å². The van der Waals surface area contributed by atoms with Crippen molar-refractivity contribution >= 4 is 48.7 Å². The van der Waals surface area contributed by atoms with Gasteiger partial charge in [0.25, 0.3) is 0 Å². The SMILES string of the molecule is C=C(/C=C\C(=C)C(N)(CC)CC)c1ccc2c(c1)C(C)(C)c1cc(C(CC)c3ccc4cc(-c5c6ccc(C(C)(C)C)cc6c(-c6ccc7ccccc7c6)c6ccc(C(C)(C)C)cc56)ccc4c3)ccc1-2. The van der Waals surface area contributed by atoms with E-state index in [1.807, 2.05) is 0 Å². The number of nitrogens with two attached hydrogens (primary N) is 1. The summed E-state index contributed by atoms with van der Waals surface area (Å²) in [5, 5.41) is 10.2. The van der Waals surface area contributed by atoms with Crippen molar-refractivity contribution in [2.45, 2.75) is 123 Å². The van der Waals surface area contributed by atoms with Gasteiger partial charge >= 0.3 is 0 Å². The lowest BCUT2D eigenvalue weighted by atomic mass is 9.79. The molecule has 9 aromatic carbocycles. The monoisotopic (exact) mass is 940 g/mol. The Morgan fingerprint density at radius 3 is 1.57 bits per heavy atom. The number of fused-ring (bicyclic) bond motifs is 7. The van der Waals surface area contributed by atoms with Gasteiger partial charge in [0, 0.05) is 16.9 Å². The van der Waals surface area contributed by atoms with Crippen LogP contribution in [0, 0.1) is 0 Å². The molecule has 0 saturated heterocycles. The molecule has 72 heavy (non-hydrogen) atoms. The molecule has 1 aliphatic carbocycles. The lowest BCUT2D eigenvalue weighted by molar-refractivity contribution is 0.475. The molecule has 0 radical (unpaired) electrons. The summed E-state index contributed by atoms with van der Waals surface area (Å²) in [5.41, 5.74) is 25.0. The van der Waals surface area contributed by atoms with Crippen molar-refractivity contribution in [2.75, 3.05) is 0 Å². The molecule has 362 valence electrons. The summed E-state index contributed by atoms with van der Waals surface area (Å²) in [4.78, 5) is 0. The average molecular weight is 940 g/mol. The summed E-state index contributed by atoms with van der Waals surface area (Å²) in [6, 6.07) is 58.7. The maximum Gasteiger partial charge on any atom is 0.0398 e. The summed E-state index contributed by atoms with van der Waals surface area (Å²) >= 11 is 0. The summed E-state index contributed by atoms with van der Waals surface area (Å²) < 4.78 is 0. The quantitative estimate of drug-likeness (QED) is 0.101. The average Bonchev–Trinajstić information content (AvgIpc) is 3.60. The minimum atomic E-state index is -0.393. The second-order valence-electron chi connectivity index (χ2n) is 23.6. The van der Waals surface area contributed by atoms with Crippen molar-refractivity contribution in [3.63, 3.8) is 0 Å². The van der Waals surface area contributed by atoms with Crippen molar-refractivity contribution < 1.29 is 0 Å². The van der Waals surface area contributed by atoms with Crippen LogP contribution in [0.15, 0.2) is 183 Å². The molecule has 0 aromatic heterocycles. The van der Waals surface area contributed by atoms with E-state index in [4.69, 9.17) is 5.73 Å². The zero-order chi connectivity index (χ0) is 51.1. The molecule has 10 rings (SSSR count). The first-order valence-electron chi connectivity index (χ1n) is 26.5. The Balaban J connectivity index is 1.04. The van der Waals surface area contributed by atoms with Gasteiger partial charge in [-0.3, -0.25) is 0 Å². The molecule has 0 saturated carbocycles. The van der Waals surface area contributed by atoms with Crippen LogP contribution in [-0.2, 0) is 16.2 Å². The van der Waals surface area contributed by atoms with Gasteiger partial charge in [0.15, 0.2) is 0 Å². The van der Waals surface area contributed by atoms with Crippen molar-refractivity contribution in [2.24, 2.45) is 5.73 Å². The normalized spacial score (nSPS) is 14.1. The lowest BCUT2D eigenvalue weighted by Crippen LogP contribution is -2.39. The highest BCUT2D eigenvalue weighted by Crippen LogP contribution is 2.51. The number of hydrogen-bond donors (Lipinski definition) is 1. The third kappa shape index (κ3) is 8.44. The van der Waals surface area contributed by atoms with Crippen LogP contribution in [0.5, 0.6) is 0 Å². The van der Waals surface area contributed by atoms with E-state index in [1.165, 1.54) is 110 Å². The van der Waals surface area contributed by atoms with E-state index in [-0.39, 0.29) is 22.2 Å². The van der Waals surface area contributed by atoms with Gasteiger partial charge in [-0.25, -0.2) is 0 Å². The Morgan fingerprint density at radius 2 is 1.00 bits per heavy atom. The molecule has 0 fully saturated rings. The molecule has 1 atom stereocenters. The van der Waals surface area contributed by atoms with Crippen LogP contribution in [0.4, 0.5) is 0 Å². The molecule has 2 N–H and O–H groups in total. The fraction of sp³-hybridized carbons (Fsp3) is 0.268. The van der Waals surface area contributed by atoms with Crippen LogP contribution in [-0.4, -0.2) is 5.54 Å². The van der Waals surface area contributed by atoms with E-state index < -0.39 is 5.54 Å². The van der Waals surface area contributed by atoms with Crippen molar-refractivity contribution in [1.29, 1.82) is 0 Å². The minimum absolute atomic E-state index is 0.00512. The second-order valence-corrected chi connectivity index (χ2v) is 23.6. The number of benzene rings is 9. The van der Waals surface area contributed by atoms with E-state index in [2.05, 4.69) is 253 Å². The number of rotatable bonds is 11. The van der Waals surface area contributed by atoms with Crippen LogP contribution in [0.25, 0.3) is 82.0 Å². The van der Waals surface area contributed by atoms with Crippen LogP contribution in [0.3, 0.4) is 0 Å². The van der Waals surface area contributed by atoms with Crippen LogP contribution in [0.1, 0.15) is 140 Å². The molecule has 0 amide bonds. The third-order valence-corrected chi connectivity index (χ3v) is 16.7. The summed E-state index contributed by atoms with van der Waals surface area (Å²) in [7, 11) is 0. The third-order valence-electron chi connectivity index (χ3n) is 16.7. The lowest BCUT2D eigenvalue weighted by Gasteiger charge is -2.27. The molecule has 1 heteroatoms. The predicted molar refractivity (Wildman–Crippen MR) is 316 cm³/mol. The van der Waals surface area contributed by atoms with E-state index >= 15 is 0 Å². The molecule has 9 aromatic rings. The second kappa shape index (κ2) is 18.0. The van der Waals surface area contributed by atoms with E-state index in [0.29, 0.717) is 0 Å². The standard InChI is InChI=1S/C71H73N/c1-14-57(52-30-34-59-58-33-29-47(40-64(58)70(12,13)65(59)41-52)44(4)21-22-45(5)71(72,15-2)16-3)51-26-24-50-39-54(28-25-49(50)37-51)67-61-36-32-55(68(6,7)8)42-62(61)66(53-27-23-46-19-17-18-20-48(46)38-53)60-35-31-56(43-63(60)67)69(9,10)11/h17-43,57H,4-5,14-16,72H2,1-3,6-13H3/b22-21-. The molecule has 0 aliphatic heterocycles. The Kier molecular flexibility index (Phi) is 12.2. The fourth-order valence-electron chi connectivity index (χ4n) is 11.8. The first-order valence-corrected chi connectivity index (χ1v) is 26.5. The van der Waals surface area contributed by atoms with E-state index in [1.54, 1.807) is 0 Å². The highest BCUT2D eigenvalue weighted by molar-refractivity contribution is 6.22. The van der Waals surface area contributed by atoms with Gasteiger partial charge in [-0.2, -0.15) is 0 Å². The molecular weight excluding hydrogens is 867 g/mol. The Labute approximate surface area is 430 Å². The van der Waals surface area contributed by atoms with Gasteiger partial charge in [0.05, 0.1) is 0 Å². The van der Waals surface area contributed by atoms with Crippen LogP contribution >= 0.6 is 0 Å². The molecule has 1 unspecified atom stereocenters. The Morgan fingerprint density at radius 1 is 0.514 bits per heavy atom. The Bertz CT molecular complexity index is 3680. The van der Waals surface area contributed by atoms with Crippen molar-refractivity contribution in [3.05, 3.63) is 221 Å². The molecule has 0 spiro atoms. The Hall–Kier alpha value is -6.80. The van der Waals surface area contributed by atoms with E-state index in [0.717, 1.165) is 36.0 Å². The van der Waals surface area contributed by atoms with Crippen LogP contribution < -0.4 is 5.73 Å². The molecular formula is C71H73N. The maximum absolute atomic E-state index is 6.66. The van der Waals surface area contributed by atoms with Gasteiger partial charge < -0.3 is 5.73 Å². The van der Waals surface area contributed by atoms with Gasteiger partial charge in [0.2, 0.25) is 0 Å². The zero-order valence-corrected chi connectivity index (χ0v) is 44.8. The first-order chi connectivity index (χ1) is 34.2. The molecule has 1 aliphatic rings. The molecule has 0 bridgehead atoms.